The van der Waals surface area contributed by atoms with Crippen molar-refractivity contribution >= 4 is 5.97 Å². The second-order valence-corrected chi connectivity index (χ2v) is 15.1. The number of esters is 1. The van der Waals surface area contributed by atoms with Crippen LogP contribution in [-0.4, -0.2) is 37.0 Å². The number of carbonyl (C=O) groups is 1. The molecular weight excluding hydrogens is 617 g/mol. The quantitative estimate of drug-likeness (QED) is 0.0390. The maximum atomic E-state index is 12.2. The molecule has 4 nitrogen and oxygen atoms in total. The highest BCUT2D eigenvalue weighted by molar-refractivity contribution is 5.69. The van der Waals surface area contributed by atoms with Crippen molar-refractivity contribution in [1.82, 2.24) is 0 Å². The summed E-state index contributed by atoms with van der Waals surface area (Å²) in [5.74, 6) is -0.202. The Morgan fingerprint density at radius 1 is 0.460 bits per heavy atom. The van der Waals surface area contributed by atoms with Crippen LogP contribution in [0.1, 0.15) is 239 Å². The molecule has 0 bridgehead atoms. The lowest BCUT2D eigenvalue weighted by Gasteiger charge is -2.15. The van der Waals surface area contributed by atoms with Crippen molar-refractivity contribution in [3.63, 3.8) is 0 Å². The first-order chi connectivity index (χ1) is 24.7. The fraction of sp³-hybridized carbons (Fsp3) is 0.891. The Labute approximate surface area is 313 Å². The number of ether oxygens (including phenoxy) is 2. The number of aliphatic hydroxyl groups is 1. The first kappa shape index (κ1) is 48.9. The van der Waals surface area contributed by atoms with Gasteiger partial charge in [-0.3, -0.25) is 4.79 Å². The van der Waals surface area contributed by atoms with Gasteiger partial charge >= 0.3 is 5.97 Å². The number of carbonyl (C=O) groups excluding carboxylic acids is 1. The summed E-state index contributed by atoms with van der Waals surface area (Å²) < 4.78 is 11.2. The fourth-order valence-electron chi connectivity index (χ4n) is 6.61. The van der Waals surface area contributed by atoms with Gasteiger partial charge in [-0.15, -0.1) is 0 Å². The third-order valence-corrected chi connectivity index (χ3v) is 10.00. The summed E-state index contributed by atoms with van der Waals surface area (Å²) in [5.41, 5.74) is 0. The lowest BCUT2D eigenvalue weighted by atomic mass is 10.1. The topological polar surface area (TPSA) is 55.8 Å². The van der Waals surface area contributed by atoms with Crippen molar-refractivity contribution in [2.24, 2.45) is 0 Å². The largest absolute Gasteiger partial charge is 0.457 e. The monoisotopic (exact) mass is 705 g/mol. The molecule has 0 aromatic heterocycles. The van der Waals surface area contributed by atoms with E-state index in [2.05, 4.69) is 38.2 Å². The van der Waals surface area contributed by atoms with E-state index in [-0.39, 0.29) is 12.6 Å². The molecule has 0 aromatic carbocycles. The SMILES string of the molecule is CCCCCCCCC/C=C\CCCCCCCCOCC(CO)OC(=O)CCCCCCCCCCC/C=C\CCCCCCCCCC. The first-order valence-corrected chi connectivity index (χ1v) is 22.4. The minimum Gasteiger partial charge on any atom is -0.457 e. The molecule has 1 N–H and O–H groups in total. The van der Waals surface area contributed by atoms with E-state index in [0.29, 0.717) is 19.6 Å². The maximum absolute atomic E-state index is 12.2. The van der Waals surface area contributed by atoms with Crippen LogP contribution in [0.4, 0.5) is 0 Å². The Kier molecular flexibility index (Phi) is 43.0. The van der Waals surface area contributed by atoms with Gasteiger partial charge in [0.05, 0.1) is 13.2 Å². The van der Waals surface area contributed by atoms with Gasteiger partial charge in [-0.05, 0) is 64.2 Å². The van der Waals surface area contributed by atoms with Gasteiger partial charge in [-0.25, -0.2) is 0 Å². The van der Waals surface area contributed by atoms with Crippen molar-refractivity contribution in [2.45, 2.75) is 245 Å². The zero-order valence-electron chi connectivity index (χ0n) is 33.9. The van der Waals surface area contributed by atoms with Gasteiger partial charge in [-0.2, -0.15) is 0 Å². The molecule has 0 aromatic rings. The van der Waals surface area contributed by atoms with E-state index in [1.807, 2.05) is 0 Å². The standard InChI is InChI=1S/C46H88O4/c1-3-5-7-9-11-13-15-17-19-21-22-23-24-25-27-29-31-33-35-37-39-41-46(48)50-45(43-47)44-49-42-40-38-36-34-32-30-28-26-20-18-16-14-12-10-8-6-4-2/h20-22,26,45,47H,3-19,23-25,27-44H2,1-2H3/b22-21-,26-20-. The van der Waals surface area contributed by atoms with Crippen LogP contribution in [0.5, 0.6) is 0 Å². The van der Waals surface area contributed by atoms with Crippen LogP contribution >= 0.6 is 0 Å². The smallest absolute Gasteiger partial charge is 0.306 e. The molecule has 0 rings (SSSR count). The van der Waals surface area contributed by atoms with Crippen LogP contribution in [0.3, 0.4) is 0 Å². The van der Waals surface area contributed by atoms with E-state index in [0.717, 1.165) is 19.3 Å². The number of hydrogen-bond donors (Lipinski definition) is 1. The highest BCUT2D eigenvalue weighted by Gasteiger charge is 2.13. The maximum Gasteiger partial charge on any atom is 0.306 e. The molecule has 1 atom stereocenters. The third-order valence-electron chi connectivity index (χ3n) is 10.00. The van der Waals surface area contributed by atoms with Gasteiger partial charge in [0.2, 0.25) is 0 Å². The molecule has 50 heavy (non-hydrogen) atoms. The van der Waals surface area contributed by atoms with Gasteiger partial charge in [0.1, 0.15) is 6.10 Å². The Bertz CT molecular complexity index is 702. The fourth-order valence-corrected chi connectivity index (χ4v) is 6.61. The van der Waals surface area contributed by atoms with Crippen LogP contribution in [-0.2, 0) is 14.3 Å². The zero-order chi connectivity index (χ0) is 36.3. The Balaban J connectivity index is 3.41. The second-order valence-electron chi connectivity index (χ2n) is 15.1. The lowest BCUT2D eigenvalue weighted by Crippen LogP contribution is -2.27. The summed E-state index contributed by atoms with van der Waals surface area (Å²) in [6, 6.07) is 0. The Hall–Kier alpha value is -1.13. The number of hydrogen-bond acceptors (Lipinski definition) is 4. The minimum absolute atomic E-state index is 0.172. The molecule has 0 saturated carbocycles. The molecule has 0 aliphatic heterocycles. The van der Waals surface area contributed by atoms with Gasteiger partial charge in [0.25, 0.3) is 0 Å². The third kappa shape index (κ3) is 41.3. The molecule has 4 heteroatoms. The van der Waals surface area contributed by atoms with Crippen LogP contribution in [0.15, 0.2) is 24.3 Å². The highest BCUT2D eigenvalue weighted by atomic mass is 16.6. The average Bonchev–Trinajstić information content (AvgIpc) is 3.12. The molecular formula is C46H88O4. The van der Waals surface area contributed by atoms with Crippen molar-refractivity contribution in [1.29, 1.82) is 0 Å². The molecule has 1 unspecified atom stereocenters. The highest BCUT2D eigenvalue weighted by Crippen LogP contribution is 2.14. The molecule has 0 aliphatic rings. The van der Waals surface area contributed by atoms with Gasteiger partial charge < -0.3 is 14.6 Å². The van der Waals surface area contributed by atoms with Crippen molar-refractivity contribution in [3.05, 3.63) is 24.3 Å². The summed E-state index contributed by atoms with van der Waals surface area (Å²) in [7, 11) is 0. The predicted octanol–water partition coefficient (Wildman–Crippen LogP) is 14.7. The van der Waals surface area contributed by atoms with E-state index < -0.39 is 6.10 Å². The summed E-state index contributed by atoms with van der Waals surface area (Å²) in [6.45, 7) is 5.36. The Morgan fingerprint density at radius 2 is 0.780 bits per heavy atom. The van der Waals surface area contributed by atoms with Gasteiger partial charge in [-0.1, -0.05) is 192 Å². The number of rotatable bonds is 42. The van der Waals surface area contributed by atoms with E-state index >= 15 is 0 Å². The van der Waals surface area contributed by atoms with Crippen molar-refractivity contribution in [2.75, 3.05) is 19.8 Å². The molecule has 0 spiro atoms. The van der Waals surface area contributed by atoms with Crippen molar-refractivity contribution in [3.8, 4) is 0 Å². The van der Waals surface area contributed by atoms with E-state index in [9.17, 15) is 9.90 Å². The summed E-state index contributed by atoms with van der Waals surface area (Å²) in [4.78, 5) is 12.2. The molecule has 0 fully saturated rings. The molecule has 296 valence electrons. The van der Waals surface area contributed by atoms with Crippen LogP contribution in [0.25, 0.3) is 0 Å². The van der Waals surface area contributed by atoms with Crippen LogP contribution in [0.2, 0.25) is 0 Å². The van der Waals surface area contributed by atoms with Crippen LogP contribution in [0, 0.1) is 0 Å². The molecule has 0 heterocycles. The average molecular weight is 705 g/mol. The molecule has 0 aliphatic carbocycles. The second kappa shape index (κ2) is 44.0. The van der Waals surface area contributed by atoms with E-state index in [1.54, 1.807) is 0 Å². The van der Waals surface area contributed by atoms with E-state index in [4.69, 9.17) is 9.47 Å². The van der Waals surface area contributed by atoms with Crippen molar-refractivity contribution < 1.29 is 19.4 Å². The minimum atomic E-state index is -0.535. The normalized spacial score (nSPS) is 12.5. The first-order valence-electron chi connectivity index (χ1n) is 22.4. The lowest BCUT2D eigenvalue weighted by molar-refractivity contribution is -0.154. The molecule has 0 saturated heterocycles. The van der Waals surface area contributed by atoms with Crippen LogP contribution < -0.4 is 0 Å². The summed E-state index contributed by atoms with van der Waals surface area (Å²) in [5, 5.41) is 9.61. The zero-order valence-corrected chi connectivity index (χ0v) is 33.9. The van der Waals surface area contributed by atoms with Gasteiger partial charge in [0, 0.05) is 13.0 Å². The number of unbranched alkanes of at least 4 members (excludes halogenated alkanes) is 30. The summed E-state index contributed by atoms with van der Waals surface area (Å²) >= 11 is 0. The van der Waals surface area contributed by atoms with E-state index in [1.165, 1.54) is 199 Å². The van der Waals surface area contributed by atoms with Gasteiger partial charge in [0.15, 0.2) is 0 Å². The number of allylic oxidation sites excluding steroid dienone is 4. The molecule has 0 amide bonds. The molecule has 0 radical (unpaired) electrons. The predicted molar refractivity (Wildman–Crippen MR) is 219 cm³/mol. The number of aliphatic hydroxyl groups excluding tert-OH is 1. The Morgan fingerprint density at radius 3 is 1.14 bits per heavy atom. The summed E-state index contributed by atoms with van der Waals surface area (Å²) in [6.07, 6.45) is 53.8.